The number of carbonyl (C=O) groups is 9. The molecule has 1 aromatic heterocycles. The SMILES string of the molecule is CC[C@H](C)[C@H](NC(=O)[C@H](Cc1c[nH]c2ccccc12)NC(=O)[C@@H]1CCCN1C(=O)[C@H](CCCN=C(N)N)NC(=O)[C@H](CCCCN)NC(=O)CNC(=O)[C@@H]1CCC(=O)N1)C(=O)N[C@@H](CC(C)C)C(=O)O. The number of unbranched alkanes of at least 4 members (excludes halogenated alkanes) is 1. The summed E-state index contributed by atoms with van der Waals surface area (Å²) in [6.45, 7) is 7.32. The summed E-state index contributed by atoms with van der Waals surface area (Å²) in [6, 6.07) is -0.472. The van der Waals surface area contributed by atoms with Gasteiger partial charge >= 0.3 is 5.97 Å². The Morgan fingerprint density at radius 2 is 1.54 bits per heavy atom. The van der Waals surface area contributed by atoms with Crippen molar-refractivity contribution < 1.29 is 48.3 Å². The highest BCUT2D eigenvalue weighted by Gasteiger charge is 2.40. The normalized spacial score (nSPS) is 18.1. The molecule has 0 spiro atoms. The molecule has 0 unspecified atom stereocenters. The maximum Gasteiger partial charge on any atom is 0.326 e. The number of nitrogens with one attached hydrogen (secondary N) is 8. The highest BCUT2D eigenvalue weighted by molar-refractivity contribution is 5.98. The quantitative estimate of drug-likeness (QED) is 0.0274. The second-order valence-corrected chi connectivity index (χ2v) is 18.5. The summed E-state index contributed by atoms with van der Waals surface area (Å²) in [7, 11) is 0. The van der Waals surface area contributed by atoms with Crippen LogP contribution in [0.3, 0.4) is 0 Å². The predicted molar refractivity (Wildman–Crippen MR) is 260 cm³/mol. The molecular weight excluding hydrogens is 907 g/mol. The number of rotatable bonds is 28. The standard InChI is InChI=1S/C47H73N13O10/c1-5-27(4)39(44(67)58-35(46(69)70)22-26(2)3)59-42(65)34(23-28-24-52-30-13-7-6-12-29(28)30)57-43(66)36-16-11-21-60(36)45(68)33(15-10-20-51-47(49)50)56-41(64)31(14-8-9-19-48)55-38(62)25-53-40(63)32-17-18-37(61)54-32/h6-7,12-13,24,26-27,31-36,39,52H,5,8-11,14-23,25,48H2,1-4H3,(H,53,63)(H,54,61)(H,55,62)(H,56,64)(H,57,66)(H,58,67)(H,59,65)(H,69,70)(H4,49,50,51)/t27-,31-,32-,33-,34-,35-,36-,39-/m0/s1. The minimum Gasteiger partial charge on any atom is -0.480 e. The fraction of sp³-hybridized carbons (Fsp3) is 0.617. The second-order valence-electron chi connectivity index (χ2n) is 18.5. The summed E-state index contributed by atoms with van der Waals surface area (Å²) in [5.41, 5.74) is 18.3. The van der Waals surface area contributed by atoms with Gasteiger partial charge in [0.1, 0.15) is 42.3 Å². The van der Waals surface area contributed by atoms with Crippen LogP contribution in [0.5, 0.6) is 0 Å². The highest BCUT2D eigenvalue weighted by Crippen LogP contribution is 2.23. The van der Waals surface area contributed by atoms with Crippen LogP contribution in [-0.2, 0) is 49.6 Å². The van der Waals surface area contributed by atoms with E-state index in [0.717, 1.165) is 10.9 Å². The van der Waals surface area contributed by atoms with Crippen molar-refractivity contribution in [1.82, 2.24) is 47.1 Å². The van der Waals surface area contributed by atoms with Gasteiger partial charge in [0.15, 0.2) is 5.96 Å². The third-order valence-electron chi connectivity index (χ3n) is 12.6. The van der Waals surface area contributed by atoms with Crippen LogP contribution in [0.25, 0.3) is 10.9 Å². The molecule has 2 aliphatic rings. The lowest BCUT2D eigenvalue weighted by molar-refractivity contribution is -0.143. The molecular formula is C47H73N13O10. The number of aromatic nitrogens is 1. The topological polar surface area (TPSA) is 368 Å². The zero-order valence-corrected chi connectivity index (χ0v) is 40.6. The van der Waals surface area contributed by atoms with Crippen molar-refractivity contribution >= 4 is 70.1 Å². The van der Waals surface area contributed by atoms with Crippen LogP contribution in [0, 0.1) is 11.8 Å². The van der Waals surface area contributed by atoms with Gasteiger partial charge in [-0.15, -0.1) is 0 Å². The van der Waals surface area contributed by atoms with Crippen molar-refractivity contribution in [2.24, 2.45) is 34.0 Å². The van der Waals surface area contributed by atoms with Gasteiger partial charge in [0.2, 0.25) is 47.3 Å². The number of fused-ring (bicyclic) bond motifs is 1. The zero-order valence-electron chi connectivity index (χ0n) is 40.6. The van der Waals surface area contributed by atoms with Crippen molar-refractivity contribution in [1.29, 1.82) is 0 Å². The Hall–Kier alpha value is -6.78. The van der Waals surface area contributed by atoms with Gasteiger partial charge in [-0.2, -0.15) is 0 Å². The van der Waals surface area contributed by atoms with E-state index in [1.54, 1.807) is 13.1 Å². The number of benzene rings is 1. The molecule has 2 aromatic rings. The number of H-pyrrole nitrogens is 1. The number of likely N-dealkylation sites (tertiary alicyclic amines) is 1. The van der Waals surface area contributed by atoms with Crippen molar-refractivity contribution in [3.8, 4) is 0 Å². The molecule has 23 heteroatoms. The lowest BCUT2D eigenvalue weighted by Crippen LogP contribution is -2.60. The van der Waals surface area contributed by atoms with E-state index in [1.165, 1.54) is 4.90 Å². The summed E-state index contributed by atoms with van der Waals surface area (Å²) in [5, 5.41) is 29.3. The maximum atomic E-state index is 14.6. The van der Waals surface area contributed by atoms with Crippen molar-refractivity contribution in [3.05, 3.63) is 36.0 Å². The summed E-state index contributed by atoms with van der Waals surface area (Å²) < 4.78 is 0. The number of nitrogens with zero attached hydrogens (tertiary/aromatic N) is 2. The lowest BCUT2D eigenvalue weighted by atomic mass is 9.96. The predicted octanol–water partition coefficient (Wildman–Crippen LogP) is -1.12. The van der Waals surface area contributed by atoms with Gasteiger partial charge in [0, 0.05) is 43.0 Å². The molecule has 2 saturated heterocycles. The minimum absolute atomic E-state index is 0.0240. The van der Waals surface area contributed by atoms with E-state index in [0.29, 0.717) is 37.8 Å². The number of carboxylic acid groups (broad SMARTS) is 1. The van der Waals surface area contributed by atoms with Crippen LogP contribution in [0.4, 0.5) is 0 Å². The van der Waals surface area contributed by atoms with E-state index in [9.17, 15) is 48.3 Å². The summed E-state index contributed by atoms with van der Waals surface area (Å²) >= 11 is 0. The Balaban J connectivity index is 1.57. The second kappa shape index (κ2) is 27.4. The number of carboxylic acids is 1. The fourth-order valence-electron chi connectivity index (χ4n) is 8.55. The molecule has 3 heterocycles. The zero-order chi connectivity index (χ0) is 51.5. The van der Waals surface area contributed by atoms with Crippen LogP contribution in [0.2, 0.25) is 0 Å². The van der Waals surface area contributed by atoms with Crippen LogP contribution in [0.15, 0.2) is 35.5 Å². The highest BCUT2D eigenvalue weighted by atomic mass is 16.4. The number of guanidine groups is 1. The number of aliphatic imine (C=N–C) groups is 1. The first-order valence-corrected chi connectivity index (χ1v) is 24.2. The van der Waals surface area contributed by atoms with E-state index in [1.807, 2.05) is 45.0 Å². The van der Waals surface area contributed by atoms with Gasteiger partial charge in [-0.3, -0.25) is 43.3 Å². The van der Waals surface area contributed by atoms with E-state index in [4.69, 9.17) is 17.2 Å². The molecule has 70 heavy (non-hydrogen) atoms. The molecule has 23 nitrogen and oxygen atoms in total. The molecule has 386 valence electrons. The summed E-state index contributed by atoms with van der Waals surface area (Å²) in [4.78, 5) is 129. The van der Waals surface area contributed by atoms with Gasteiger partial charge in [-0.05, 0) is 87.8 Å². The van der Waals surface area contributed by atoms with Crippen LogP contribution >= 0.6 is 0 Å². The van der Waals surface area contributed by atoms with Crippen molar-refractivity contribution in [3.63, 3.8) is 0 Å². The van der Waals surface area contributed by atoms with Gasteiger partial charge in [0.05, 0.1) is 6.54 Å². The molecule has 0 saturated carbocycles. The van der Waals surface area contributed by atoms with Gasteiger partial charge in [0.25, 0.3) is 0 Å². The molecule has 8 amide bonds. The maximum absolute atomic E-state index is 14.6. The fourth-order valence-corrected chi connectivity index (χ4v) is 8.55. The van der Waals surface area contributed by atoms with Gasteiger partial charge < -0.3 is 69.4 Å². The first-order valence-electron chi connectivity index (χ1n) is 24.2. The van der Waals surface area contributed by atoms with Crippen molar-refractivity contribution in [2.75, 3.05) is 26.2 Å². The Bertz CT molecular complexity index is 2190. The van der Waals surface area contributed by atoms with Gasteiger partial charge in [-0.25, -0.2) is 4.79 Å². The lowest BCUT2D eigenvalue weighted by Gasteiger charge is -2.31. The first-order chi connectivity index (χ1) is 33.3. The van der Waals surface area contributed by atoms with Crippen LogP contribution in [0.1, 0.15) is 104 Å². The number of carbonyl (C=O) groups excluding carboxylic acids is 8. The number of hydrogen-bond donors (Lipinski definition) is 12. The number of para-hydroxylation sites is 1. The third kappa shape index (κ3) is 16.7. The molecule has 15 N–H and O–H groups in total. The van der Waals surface area contributed by atoms with Crippen molar-refractivity contribution in [2.45, 2.75) is 147 Å². The van der Waals surface area contributed by atoms with Gasteiger partial charge in [-0.1, -0.05) is 52.3 Å². The summed E-state index contributed by atoms with van der Waals surface area (Å²) in [5.74, 6) is -6.73. The van der Waals surface area contributed by atoms with E-state index >= 15 is 0 Å². The molecule has 0 bridgehead atoms. The van der Waals surface area contributed by atoms with E-state index in [-0.39, 0.29) is 82.2 Å². The van der Waals surface area contributed by atoms with E-state index < -0.39 is 102 Å². The monoisotopic (exact) mass is 980 g/mol. The first kappa shape index (κ1) is 55.8. The number of amides is 8. The molecule has 4 rings (SSSR count). The Morgan fingerprint density at radius 1 is 0.843 bits per heavy atom. The number of aromatic amines is 1. The molecule has 2 aliphatic heterocycles. The third-order valence-corrected chi connectivity index (χ3v) is 12.6. The molecule has 0 aliphatic carbocycles. The average molecular weight is 980 g/mol. The average Bonchev–Trinajstić information content (AvgIpc) is 4.10. The number of hydrogen-bond acceptors (Lipinski definition) is 11. The number of aliphatic carboxylic acids is 1. The Labute approximate surface area is 407 Å². The Kier molecular flexibility index (Phi) is 21.9. The molecule has 2 fully saturated rings. The molecule has 8 atom stereocenters. The largest absolute Gasteiger partial charge is 0.480 e. The molecule has 1 aromatic carbocycles. The smallest absolute Gasteiger partial charge is 0.326 e. The number of nitrogens with two attached hydrogens (primary N) is 3. The van der Waals surface area contributed by atoms with Crippen LogP contribution in [-0.4, -0.2) is 143 Å². The Morgan fingerprint density at radius 3 is 2.20 bits per heavy atom. The minimum atomic E-state index is -1.27. The van der Waals surface area contributed by atoms with E-state index in [2.05, 4.69) is 47.2 Å². The van der Waals surface area contributed by atoms with Crippen LogP contribution < -0.4 is 54.4 Å². The summed E-state index contributed by atoms with van der Waals surface area (Å²) in [6.07, 6.45) is 4.76. The molecule has 0 radical (unpaired) electrons.